The molecule has 1 amide bonds. The van der Waals surface area contributed by atoms with E-state index < -0.39 is 0 Å². The number of benzene rings is 1. The van der Waals surface area contributed by atoms with Gasteiger partial charge in [0.05, 0.1) is 23.8 Å². The Labute approximate surface area is 132 Å². The Hall–Kier alpha value is -1.47. The summed E-state index contributed by atoms with van der Waals surface area (Å²) in [4.78, 5) is 17.7. The van der Waals surface area contributed by atoms with Gasteiger partial charge < -0.3 is 10.5 Å². The predicted molar refractivity (Wildman–Crippen MR) is 85.0 cm³/mol. The van der Waals surface area contributed by atoms with Gasteiger partial charge in [-0.2, -0.15) is 0 Å². The van der Waals surface area contributed by atoms with Crippen LogP contribution in [0.25, 0.3) is 0 Å². The monoisotopic (exact) mass is 325 g/mol. The number of ether oxygens (including phenoxy) is 1. The highest BCUT2D eigenvalue weighted by Crippen LogP contribution is 2.27. The van der Waals surface area contributed by atoms with Gasteiger partial charge >= 0.3 is 0 Å². The molecule has 0 atom stereocenters. The third-order valence-corrected chi connectivity index (χ3v) is 4.15. The molecule has 0 saturated carbocycles. The van der Waals surface area contributed by atoms with Crippen molar-refractivity contribution >= 4 is 34.8 Å². The number of nitrogens with one attached hydrogen (secondary N) is 1. The van der Waals surface area contributed by atoms with Crippen LogP contribution in [0, 0.1) is 0 Å². The summed E-state index contributed by atoms with van der Waals surface area (Å²) in [6.45, 7) is 1.76. The molecule has 7 heteroatoms. The summed E-state index contributed by atoms with van der Waals surface area (Å²) in [6, 6.07) is 7.26. The van der Waals surface area contributed by atoms with Crippen molar-refractivity contribution in [3.63, 3.8) is 0 Å². The van der Waals surface area contributed by atoms with Crippen molar-refractivity contribution in [1.29, 1.82) is 0 Å². The van der Waals surface area contributed by atoms with E-state index in [9.17, 15) is 4.79 Å². The molecule has 0 fully saturated rings. The van der Waals surface area contributed by atoms with E-state index >= 15 is 0 Å². The van der Waals surface area contributed by atoms with Gasteiger partial charge in [0.1, 0.15) is 0 Å². The van der Waals surface area contributed by atoms with Gasteiger partial charge in [-0.25, -0.2) is 4.98 Å². The molecule has 3 rings (SSSR count). The van der Waals surface area contributed by atoms with E-state index in [1.54, 1.807) is 12.1 Å². The summed E-state index contributed by atoms with van der Waals surface area (Å²) in [5.74, 6) is -0.152. The fourth-order valence-electron chi connectivity index (χ4n) is 2.04. The fourth-order valence-corrected chi connectivity index (χ4v) is 2.98. The quantitative estimate of drug-likeness (QED) is 0.908. The van der Waals surface area contributed by atoms with Crippen LogP contribution in [-0.4, -0.2) is 17.5 Å². The van der Waals surface area contributed by atoms with Crippen LogP contribution in [0.1, 0.15) is 26.5 Å². The third kappa shape index (κ3) is 3.59. The number of carbonyl (C=O) groups excluding carboxylic acids is 1. The van der Waals surface area contributed by atoms with Crippen LogP contribution in [-0.2, 0) is 24.3 Å². The van der Waals surface area contributed by atoms with Crippen LogP contribution >= 0.6 is 23.7 Å². The molecule has 0 aliphatic carbocycles. The molecular formula is C14H16ClN3O2S. The average molecular weight is 326 g/mol. The lowest BCUT2D eigenvalue weighted by atomic mass is 10.1. The lowest BCUT2D eigenvalue weighted by molar-refractivity contribution is 0.102. The molecule has 0 bridgehead atoms. The highest BCUT2D eigenvalue weighted by molar-refractivity contribution is 7.15. The number of hydrogen-bond acceptors (Lipinski definition) is 5. The van der Waals surface area contributed by atoms with Crippen molar-refractivity contribution in [3.05, 3.63) is 46.0 Å². The molecule has 0 unspecified atom stereocenters. The predicted octanol–water partition coefficient (Wildman–Crippen LogP) is 2.35. The van der Waals surface area contributed by atoms with Crippen molar-refractivity contribution in [3.8, 4) is 0 Å². The third-order valence-electron chi connectivity index (χ3n) is 3.17. The minimum atomic E-state index is -0.152. The maximum Gasteiger partial charge on any atom is 0.257 e. The van der Waals surface area contributed by atoms with E-state index in [0.29, 0.717) is 30.5 Å². The Morgan fingerprint density at radius 1 is 1.38 bits per heavy atom. The Bertz CT molecular complexity index is 604. The summed E-state index contributed by atoms with van der Waals surface area (Å²) in [5.41, 5.74) is 8.18. The molecule has 1 aromatic heterocycles. The Balaban J connectivity index is 0.00000161. The van der Waals surface area contributed by atoms with E-state index in [-0.39, 0.29) is 18.3 Å². The molecule has 1 aliphatic heterocycles. The SMILES string of the molecule is Cl.NCc1ccc(C(=O)Nc2nc3c(s2)COCC3)cc1. The van der Waals surface area contributed by atoms with Crippen LogP contribution in [0.15, 0.2) is 24.3 Å². The number of thiazole rings is 1. The zero-order valence-corrected chi connectivity index (χ0v) is 12.9. The molecule has 0 radical (unpaired) electrons. The van der Waals surface area contributed by atoms with Crippen LogP contribution in [0.5, 0.6) is 0 Å². The number of nitrogens with two attached hydrogens (primary N) is 1. The lowest BCUT2D eigenvalue weighted by Gasteiger charge is -2.08. The topological polar surface area (TPSA) is 77.2 Å². The number of carbonyl (C=O) groups is 1. The highest BCUT2D eigenvalue weighted by atomic mass is 35.5. The van der Waals surface area contributed by atoms with Gasteiger partial charge in [-0.3, -0.25) is 10.1 Å². The molecule has 1 aliphatic rings. The van der Waals surface area contributed by atoms with Crippen molar-refractivity contribution < 1.29 is 9.53 Å². The minimum absolute atomic E-state index is 0. The number of hydrogen-bond donors (Lipinski definition) is 2. The van der Waals surface area contributed by atoms with Crippen molar-refractivity contribution in [2.45, 2.75) is 19.6 Å². The minimum Gasteiger partial charge on any atom is -0.375 e. The molecule has 1 aromatic carbocycles. The van der Waals surface area contributed by atoms with E-state index in [1.807, 2.05) is 12.1 Å². The number of fused-ring (bicyclic) bond motifs is 1. The Morgan fingerprint density at radius 3 is 2.81 bits per heavy atom. The summed E-state index contributed by atoms with van der Waals surface area (Å²) >= 11 is 1.48. The Morgan fingerprint density at radius 2 is 2.14 bits per heavy atom. The van der Waals surface area contributed by atoms with E-state index in [2.05, 4.69) is 10.3 Å². The number of nitrogens with zero attached hydrogens (tertiary/aromatic N) is 1. The average Bonchev–Trinajstić information content (AvgIpc) is 2.89. The molecule has 112 valence electrons. The molecule has 21 heavy (non-hydrogen) atoms. The fraction of sp³-hybridized carbons (Fsp3) is 0.286. The van der Waals surface area contributed by atoms with Crippen molar-refractivity contribution in [2.75, 3.05) is 11.9 Å². The second-order valence-corrected chi connectivity index (χ2v) is 5.63. The molecule has 3 N–H and O–H groups in total. The van der Waals surface area contributed by atoms with Crippen molar-refractivity contribution in [1.82, 2.24) is 4.98 Å². The largest absolute Gasteiger partial charge is 0.375 e. The number of aromatic nitrogens is 1. The maximum absolute atomic E-state index is 12.1. The van der Waals surface area contributed by atoms with Gasteiger partial charge in [0, 0.05) is 18.5 Å². The number of anilines is 1. The number of amides is 1. The summed E-state index contributed by atoms with van der Waals surface area (Å²) < 4.78 is 5.37. The van der Waals surface area contributed by atoms with Crippen LogP contribution in [0.3, 0.4) is 0 Å². The standard InChI is InChI=1S/C14H15N3O2S.ClH/c15-7-9-1-3-10(4-2-9)13(18)17-14-16-11-5-6-19-8-12(11)20-14;/h1-4H,5-8,15H2,(H,16,17,18);1H. The summed E-state index contributed by atoms with van der Waals surface area (Å²) in [6.07, 6.45) is 0.812. The zero-order valence-electron chi connectivity index (χ0n) is 11.3. The first-order valence-electron chi connectivity index (χ1n) is 6.43. The smallest absolute Gasteiger partial charge is 0.257 e. The van der Waals surface area contributed by atoms with Crippen LogP contribution in [0.4, 0.5) is 5.13 Å². The number of halogens is 1. The first-order valence-corrected chi connectivity index (χ1v) is 7.24. The van der Waals surface area contributed by atoms with Crippen LogP contribution in [0.2, 0.25) is 0 Å². The number of rotatable bonds is 3. The maximum atomic E-state index is 12.1. The second-order valence-electron chi connectivity index (χ2n) is 4.55. The van der Waals surface area contributed by atoms with Gasteiger partial charge in [-0.15, -0.1) is 12.4 Å². The zero-order chi connectivity index (χ0) is 13.9. The van der Waals surface area contributed by atoms with Gasteiger partial charge in [-0.05, 0) is 17.7 Å². The molecule has 0 spiro atoms. The van der Waals surface area contributed by atoms with Gasteiger partial charge in [-0.1, -0.05) is 23.5 Å². The van der Waals surface area contributed by atoms with Gasteiger partial charge in [0.25, 0.3) is 5.91 Å². The summed E-state index contributed by atoms with van der Waals surface area (Å²) in [7, 11) is 0. The molecule has 0 saturated heterocycles. The normalized spacial score (nSPS) is 13.2. The van der Waals surface area contributed by atoms with Crippen molar-refractivity contribution in [2.24, 2.45) is 5.73 Å². The Kier molecular flexibility index (Phi) is 5.30. The van der Waals surface area contributed by atoms with Gasteiger partial charge in [0.2, 0.25) is 0 Å². The molecular weight excluding hydrogens is 310 g/mol. The highest BCUT2D eigenvalue weighted by Gasteiger charge is 2.17. The van der Waals surface area contributed by atoms with E-state index in [0.717, 1.165) is 22.6 Å². The van der Waals surface area contributed by atoms with E-state index in [1.165, 1.54) is 11.3 Å². The molecule has 5 nitrogen and oxygen atoms in total. The second kappa shape index (κ2) is 7.00. The first-order chi connectivity index (χ1) is 9.76. The molecule has 2 aromatic rings. The van der Waals surface area contributed by atoms with Crippen LogP contribution < -0.4 is 11.1 Å². The first kappa shape index (κ1) is 15.9. The lowest BCUT2D eigenvalue weighted by Crippen LogP contribution is -2.12. The molecule has 2 heterocycles. The van der Waals surface area contributed by atoms with Gasteiger partial charge in [0.15, 0.2) is 5.13 Å². The van der Waals surface area contributed by atoms with E-state index in [4.69, 9.17) is 10.5 Å². The summed E-state index contributed by atoms with van der Waals surface area (Å²) in [5, 5.41) is 3.47.